The van der Waals surface area contributed by atoms with Crippen LogP contribution < -0.4 is 5.76 Å². The molecule has 0 radical (unpaired) electrons. The van der Waals surface area contributed by atoms with Crippen molar-refractivity contribution in [3.63, 3.8) is 0 Å². The number of carbonyl (C=O) groups excluding carboxylic acids is 1. The van der Waals surface area contributed by atoms with Crippen molar-refractivity contribution in [2.24, 2.45) is 0 Å². The molecule has 0 spiro atoms. The van der Waals surface area contributed by atoms with E-state index in [1.807, 2.05) is 24.3 Å². The Kier molecular flexibility index (Phi) is 2.56. The van der Waals surface area contributed by atoms with Crippen LogP contribution in [-0.4, -0.2) is 20.5 Å². The van der Waals surface area contributed by atoms with E-state index in [4.69, 9.17) is 0 Å². The van der Waals surface area contributed by atoms with Gasteiger partial charge in [-0.25, -0.2) is 4.79 Å². The molecule has 0 aliphatic rings. The molecule has 0 atom stereocenters. The van der Waals surface area contributed by atoms with Crippen LogP contribution in [0.1, 0.15) is 16.2 Å². The second-order valence-electron chi connectivity index (χ2n) is 4.25. The van der Waals surface area contributed by atoms with Gasteiger partial charge in [0.1, 0.15) is 0 Å². The number of nitrogens with one attached hydrogen (secondary N) is 1. The third-order valence-corrected chi connectivity index (χ3v) is 3.06. The fraction of sp³-hybridized carbons (Fsp3) is 0.154. The minimum Gasteiger partial charge on any atom is -0.360 e. The molecular weight excluding hydrogens is 246 g/mol. The number of ketones is 1. The number of nitrogens with zero attached hydrogens (tertiary/aromatic N) is 2. The smallest absolute Gasteiger partial charge is 0.360 e. The third-order valence-electron chi connectivity index (χ3n) is 3.06. The number of benzene rings is 1. The quantitative estimate of drug-likeness (QED) is 0.721. The minimum atomic E-state index is -0.620. The van der Waals surface area contributed by atoms with Crippen LogP contribution in [0.2, 0.25) is 0 Å². The molecule has 0 saturated carbocycles. The van der Waals surface area contributed by atoms with Gasteiger partial charge in [0.25, 0.3) is 0 Å². The third kappa shape index (κ3) is 1.87. The van der Waals surface area contributed by atoms with Gasteiger partial charge in [-0.05, 0) is 13.0 Å². The number of aryl methyl sites for hydroxylation is 1. The Bertz CT molecular complexity index is 810. The maximum atomic E-state index is 12.2. The number of hydrogen-bond donors (Lipinski definition) is 1. The minimum absolute atomic E-state index is 0.0734. The molecule has 2 aromatic heterocycles. The second-order valence-corrected chi connectivity index (χ2v) is 4.25. The highest BCUT2D eigenvalue weighted by atomic mass is 16.5. The molecule has 19 heavy (non-hydrogen) atoms. The molecule has 96 valence electrons. The van der Waals surface area contributed by atoms with Gasteiger partial charge in [0.15, 0.2) is 11.6 Å². The highest BCUT2D eigenvalue weighted by Crippen LogP contribution is 2.18. The van der Waals surface area contributed by atoms with E-state index in [2.05, 4.69) is 14.7 Å². The molecule has 0 saturated heterocycles. The summed E-state index contributed by atoms with van der Waals surface area (Å²) in [5, 5.41) is 4.37. The van der Waals surface area contributed by atoms with Crippen molar-refractivity contribution in [3.8, 4) is 0 Å². The summed E-state index contributed by atoms with van der Waals surface area (Å²) in [6.45, 7) is 1.55. The molecule has 0 amide bonds. The first-order chi connectivity index (χ1) is 9.16. The molecular formula is C13H11N3O3. The Balaban J connectivity index is 1.99. The van der Waals surface area contributed by atoms with E-state index in [9.17, 15) is 9.59 Å². The van der Waals surface area contributed by atoms with Gasteiger partial charge in [-0.3, -0.25) is 13.9 Å². The summed E-state index contributed by atoms with van der Waals surface area (Å²) >= 11 is 0. The lowest BCUT2D eigenvalue weighted by molar-refractivity contribution is 0.0970. The van der Waals surface area contributed by atoms with Crippen LogP contribution >= 0.6 is 0 Å². The molecule has 0 aliphatic heterocycles. The second kappa shape index (κ2) is 4.24. The van der Waals surface area contributed by atoms with Crippen molar-refractivity contribution in [1.29, 1.82) is 0 Å². The van der Waals surface area contributed by atoms with Gasteiger partial charge in [-0.2, -0.15) is 0 Å². The zero-order valence-corrected chi connectivity index (χ0v) is 10.2. The zero-order valence-electron chi connectivity index (χ0n) is 10.2. The van der Waals surface area contributed by atoms with Gasteiger partial charge in [-0.15, -0.1) is 0 Å². The number of para-hydroxylation sites is 1. The SMILES string of the molecule is Cc1noc(=O)n1CC(=O)c1c[nH]c2ccccc12. The monoisotopic (exact) mass is 257 g/mol. The number of H-pyrrole nitrogens is 1. The molecule has 2 heterocycles. The predicted molar refractivity (Wildman–Crippen MR) is 68.1 cm³/mol. The van der Waals surface area contributed by atoms with E-state index < -0.39 is 5.76 Å². The Morgan fingerprint density at radius 1 is 1.42 bits per heavy atom. The highest BCUT2D eigenvalue weighted by molar-refractivity contribution is 6.07. The molecule has 0 aliphatic carbocycles. The normalized spacial score (nSPS) is 11.0. The van der Waals surface area contributed by atoms with Crippen molar-refractivity contribution < 1.29 is 9.32 Å². The van der Waals surface area contributed by atoms with Crippen LogP contribution in [-0.2, 0) is 6.54 Å². The van der Waals surface area contributed by atoms with Crippen LogP contribution in [0.15, 0.2) is 39.8 Å². The van der Waals surface area contributed by atoms with E-state index in [1.165, 1.54) is 4.57 Å². The number of fused-ring (bicyclic) bond motifs is 1. The summed E-state index contributed by atoms with van der Waals surface area (Å²) in [5.41, 5.74) is 1.45. The number of aromatic nitrogens is 3. The van der Waals surface area contributed by atoms with Crippen molar-refractivity contribution in [3.05, 3.63) is 52.4 Å². The number of carbonyl (C=O) groups is 1. The van der Waals surface area contributed by atoms with Crippen LogP contribution in [0, 0.1) is 6.92 Å². The average molecular weight is 257 g/mol. The van der Waals surface area contributed by atoms with Crippen molar-refractivity contribution in [2.45, 2.75) is 13.5 Å². The summed E-state index contributed by atoms with van der Waals surface area (Å²) in [7, 11) is 0. The van der Waals surface area contributed by atoms with E-state index >= 15 is 0 Å². The topological polar surface area (TPSA) is 80.9 Å². The summed E-state index contributed by atoms with van der Waals surface area (Å²) in [6.07, 6.45) is 1.65. The fourth-order valence-electron chi connectivity index (χ4n) is 2.05. The number of Topliss-reactive ketones (excluding diaryl/α,β-unsaturated/α-hetero) is 1. The Morgan fingerprint density at radius 3 is 2.95 bits per heavy atom. The average Bonchev–Trinajstić information content (AvgIpc) is 2.97. The highest BCUT2D eigenvalue weighted by Gasteiger charge is 2.15. The van der Waals surface area contributed by atoms with E-state index in [0.717, 1.165) is 10.9 Å². The van der Waals surface area contributed by atoms with Crippen molar-refractivity contribution >= 4 is 16.7 Å². The van der Waals surface area contributed by atoms with E-state index in [-0.39, 0.29) is 12.3 Å². The summed E-state index contributed by atoms with van der Waals surface area (Å²) in [5.74, 6) is -0.394. The first-order valence-corrected chi connectivity index (χ1v) is 5.79. The van der Waals surface area contributed by atoms with Crippen LogP contribution in [0.4, 0.5) is 0 Å². The zero-order chi connectivity index (χ0) is 13.4. The molecule has 0 fully saturated rings. The number of hydrogen-bond acceptors (Lipinski definition) is 4. The molecule has 6 heteroatoms. The Labute approximate surface area is 107 Å². The first kappa shape index (κ1) is 11.5. The first-order valence-electron chi connectivity index (χ1n) is 5.79. The Morgan fingerprint density at radius 2 is 2.21 bits per heavy atom. The molecule has 0 unspecified atom stereocenters. The lowest BCUT2D eigenvalue weighted by Crippen LogP contribution is -2.21. The maximum absolute atomic E-state index is 12.2. The molecule has 1 aromatic carbocycles. The number of rotatable bonds is 3. The summed E-state index contributed by atoms with van der Waals surface area (Å²) in [4.78, 5) is 26.7. The molecule has 3 aromatic rings. The predicted octanol–water partition coefficient (Wildman–Crippen LogP) is 1.51. The van der Waals surface area contributed by atoms with Gasteiger partial charge >= 0.3 is 5.76 Å². The van der Waals surface area contributed by atoms with Crippen LogP contribution in [0.3, 0.4) is 0 Å². The van der Waals surface area contributed by atoms with Gasteiger partial charge in [0.05, 0.1) is 6.54 Å². The van der Waals surface area contributed by atoms with Gasteiger partial charge in [0.2, 0.25) is 0 Å². The van der Waals surface area contributed by atoms with Crippen LogP contribution in [0.5, 0.6) is 0 Å². The summed E-state index contributed by atoms with van der Waals surface area (Å²) < 4.78 is 5.71. The van der Waals surface area contributed by atoms with Crippen LogP contribution in [0.25, 0.3) is 10.9 Å². The fourth-order valence-corrected chi connectivity index (χ4v) is 2.05. The molecule has 0 bridgehead atoms. The van der Waals surface area contributed by atoms with Gasteiger partial charge in [-0.1, -0.05) is 23.4 Å². The lowest BCUT2D eigenvalue weighted by Gasteiger charge is -2.00. The van der Waals surface area contributed by atoms with E-state index in [1.54, 1.807) is 13.1 Å². The molecule has 3 rings (SSSR count). The molecule has 6 nitrogen and oxygen atoms in total. The standard InChI is InChI=1S/C13H11N3O3/c1-8-15-19-13(18)16(8)7-12(17)10-6-14-11-5-3-2-4-9(10)11/h2-6,14H,7H2,1H3. The molecule has 1 N–H and O–H groups in total. The maximum Gasteiger partial charge on any atom is 0.442 e. The van der Waals surface area contributed by atoms with Crippen molar-refractivity contribution in [1.82, 2.24) is 14.7 Å². The van der Waals surface area contributed by atoms with Crippen molar-refractivity contribution in [2.75, 3.05) is 0 Å². The largest absolute Gasteiger partial charge is 0.442 e. The van der Waals surface area contributed by atoms with E-state index in [0.29, 0.717) is 11.4 Å². The lowest BCUT2D eigenvalue weighted by atomic mass is 10.1. The number of aromatic amines is 1. The summed E-state index contributed by atoms with van der Waals surface area (Å²) in [6, 6.07) is 7.51. The Hall–Kier alpha value is -2.63. The van der Waals surface area contributed by atoms with Gasteiger partial charge < -0.3 is 4.98 Å². The van der Waals surface area contributed by atoms with Gasteiger partial charge in [0, 0.05) is 22.7 Å².